The Morgan fingerprint density at radius 3 is 2.97 bits per heavy atom. The largest absolute Gasteiger partial charge is 0.484 e. The molecule has 154 valence electrons. The van der Waals surface area contributed by atoms with Crippen molar-refractivity contribution in [3.8, 4) is 17.1 Å². The van der Waals surface area contributed by atoms with E-state index in [0.29, 0.717) is 34.0 Å². The van der Waals surface area contributed by atoms with E-state index in [0.717, 1.165) is 6.07 Å². The molecular weight excluding hydrogens is 433 g/mol. The summed E-state index contributed by atoms with van der Waals surface area (Å²) in [5.74, 6) is 0.0544. The Bertz CT molecular complexity index is 1260. The second-order valence-corrected chi connectivity index (χ2v) is 7.39. The number of aromatic nitrogens is 4. The summed E-state index contributed by atoms with van der Waals surface area (Å²) in [6.45, 7) is 0.284. The molecular formula is C19H15ClFN5O3S. The fourth-order valence-corrected chi connectivity index (χ4v) is 3.68. The summed E-state index contributed by atoms with van der Waals surface area (Å²) in [4.78, 5) is 28.5. The highest BCUT2D eigenvalue weighted by Crippen LogP contribution is 2.28. The van der Waals surface area contributed by atoms with Gasteiger partial charge in [0.05, 0.1) is 17.0 Å². The molecule has 0 aliphatic heterocycles. The van der Waals surface area contributed by atoms with E-state index >= 15 is 0 Å². The van der Waals surface area contributed by atoms with Gasteiger partial charge in [-0.05, 0) is 24.3 Å². The molecule has 0 atom stereocenters. The van der Waals surface area contributed by atoms with Gasteiger partial charge in [-0.1, -0.05) is 11.6 Å². The Balaban J connectivity index is 1.67. The van der Waals surface area contributed by atoms with Crippen molar-refractivity contribution in [3.63, 3.8) is 0 Å². The maximum atomic E-state index is 13.2. The van der Waals surface area contributed by atoms with Crippen molar-refractivity contribution in [1.29, 1.82) is 0 Å². The summed E-state index contributed by atoms with van der Waals surface area (Å²) in [6, 6.07) is 5.34. The molecule has 8 nitrogen and oxygen atoms in total. The van der Waals surface area contributed by atoms with Crippen molar-refractivity contribution in [1.82, 2.24) is 19.9 Å². The summed E-state index contributed by atoms with van der Waals surface area (Å²) in [5, 5.41) is 14.8. The second-order valence-electron chi connectivity index (χ2n) is 6.12. The monoisotopic (exact) mass is 447 g/mol. The molecule has 0 unspecified atom stereocenters. The molecule has 4 rings (SSSR count). The number of ether oxygens (including phenoxy) is 1. The Kier molecular flexibility index (Phi) is 5.88. The lowest BCUT2D eigenvalue weighted by Crippen LogP contribution is -2.14. The zero-order valence-corrected chi connectivity index (χ0v) is 16.9. The van der Waals surface area contributed by atoms with Crippen LogP contribution >= 0.6 is 22.9 Å². The smallest absolute Gasteiger partial charge is 0.258 e. The third kappa shape index (κ3) is 4.25. The van der Waals surface area contributed by atoms with Crippen molar-refractivity contribution < 1.29 is 14.2 Å². The van der Waals surface area contributed by atoms with Crippen LogP contribution < -0.4 is 15.6 Å². The third-order valence-electron chi connectivity index (χ3n) is 4.07. The number of hydrogen-bond donors (Lipinski definition) is 3. The number of aliphatic hydroxyl groups is 1. The molecule has 0 fully saturated rings. The Hall–Kier alpha value is -3.08. The molecule has 3 aromatic heterocycles. The van der Waals surface area contributed by atoms with Crippen LogP contribution in [0.25, 0.3) is 22.3 Å². The summed E-state index contributed by atoms with van der Waals surface area (Å²) >= 11 is 7.32. The van der Waals surface area contributed by atoms with Crippen LogP contribution in [0.5, 0.6) is 5.75 Å². The van der Waals surface area contributed by atoms with Crippen molar-refractivity contribution in [3.05, 3.63) is 62.9 Å². The van der Waals surface area contributed by atoms with Gasteiger partial charge in [-0.15, -0.1) is 11.3 Å². The number of rotatable bonds is 7. The van der Waals surface area contributed by atoms with Gasteiger partial charge in [0.2, 0.25) is 0 Å². The minimum Gasteiger partial charge on any atom is -0.484 e. The molecule has 0 bridgehead atoms. The number of anilines is 1. The molecule has 0 aliphatic rings. The van der Waals surface area contributed by atoms with Crippen molar-refractivity contribution in [2.75, 3.05) is 18.5 Å². The second kappa shape index (κ2) is 8.74. The normalized spacial score (nSPS) is 11.0. The van der Waals surface area contributed by atoms with Gasteiger partial charge in [0, 0.05) is 18.1 Å². The maximum absolute atomic E-state index is 13.2. The van der Waals surface area contributed by atoms with Crippen LogP contribution in [0.1, 0.15) is 5.82 Å². The number of aromatic amines is 1. The molecule has 3 N–H and O–H groups in total. The zero-order chi connectivity index (χ0) is 21.1. The Labute approximate surface area is 178 Å². The van der Waals surface area contributed by atoms with E-state index < -0.39 is 5.82 Å². The first-order valence-corrected chi connectivity index (χ1v) is 10.1. The van der Waals surface area contributed by atoms with Gasteiger partial charge < -0.3 is 20.1 Å². The number of halogens is 2. The predicted molar refractivity (Wildman–Crippen MR) is 113 cm³/mol. The van der Waals surface area contributed by atoms with Gasteiger partial charge in [0.15, 0.2) is 5.13 Å². The lowest BCUT2D eigenvalue weighted by Gasteiger charge is -2.09. The molecule has 0 spiro atoms. The first-order valence-electron chi connectivity index (χ1n) is 8.81. The summed E-state index contributed by atoms with van der Waals surface area (Å²) in [5.41, 5.74) is 1.04. The van der Waals surface area contributed by atoms with E-state index in [1.165, 1.54) is 29.7 Å². The van der Waals surface area contributed by atoms with Crippen LogP contribution in [-0.4, -0.2) is 38.2 Å². The maximum Gasteiger partial charge on any atom is 0.258 e. The van der Waals surface area contributed by atoms with Gasteiger partial charge in [0.25, 0.3) is 5.56 Å². The molecule has 1 aromatic carbocycles. The molecule has 0 radical (unpaired) electrons. The molecule has 0 saturated heterocycles. The number of fused-ring (bicyclic) bond motifs is 1. The number of aliphatic hydroxyl groups excluding tert-OH is 1. The topological polar surface area (TPSA) is 113 Å². The van der Waals surface area contributed by atoms with Crippen LogP contribution in [0.3, 0.4) is 0 Å². The number of nitrogens with zero attached hydrogens (tertiary/aromatic N) is 3. The van der Waals surface area contributed by atoms with Gasteiger partial charge >= 0.3 is 0 Å². The highest BCUT2D eigenvalue weighted by atomic mass is 35.5. The van der Waals surface area contributed by atoms with E-state index in [2.05, 4.69) is 25.3 Å². The van der Waals surface area contributed by atoms with Gasteiger partial charge in [-0.2, -0.15) is 0 Å². The third-order valence-corrected chi connectivity index (χ3v) is 5.16. The molecule has 0 amide bonds. The first kappa shape index (κ1) is 20.2. The molecule has 4 aromatic rings. The lowest BCUT2D eigenvalue weighted by molar-refractivity contribution is 0.296. The lowest BCUT2D eigenvalue weighted by atomic mass is 10.2. The number of H-pyrrole nitrogens is 1. The number of benzene rings is 1. The van der Waals surface area contributed by atoms with Crippen molar-refractivity contribution >= 4 is 39.0 Å². The van der Waals surface area contributed by atoms with Gasteiger partial charge in [0.1, 0.15) is 40.9 Å². The zero-order valence-electron chi connectivity index (χ0n) is 15.4. The van der Waals surface area contributed by atoms with Gasteiger partial charge in [-0.25, -0.2) is 14.4 Å². The van der Waals surface area contributed by atoms with Gasteiger partial charge in [-0.3, -0.25) is 9.78 Å². The minimum absolute atomic E-state index is 0.0141. The van der Waals surface area contributed by atoms with Crippen LogP contribution in [0.2, 0.25) is 5.02 Å². The minimum atomic E-state index is -0.476. The first-order chi connectivity index (χ1) is 14.5. The highest BCUT2D eigenvalue weighted by Gasteiger charge is 2.14. The van der Waals surface area contributed by atoms with Crippen molar-refractivity contribution in [2.24, 2.45) is 0 Å². The molecule has 3 heterocycles. The summed E-state index contributed by atoms with van der Waals surface area (Å²) in [6.07, 6.45) is 1.52. The average molecular weight is 448 g/mol. The Morgan fingerprint density at radius 1 is 1.30 bits per heavy atom. The van der Waals surface area contributed by atoms with Crippen molar-refractivity contribution in [2.45, 2.75) is 6.61 Å². The van der Waals surface area contributed by atoms with Crippen LogP contribution in [0, 0.1) is 5.82 Å². The SMILES string of the molecule is O=c1[nH]c(COc2ccc(F)cc2Cl)nc2c(-c3csc(NCCO)n3)nccc12. The Morgan fingerprint density at radius 2 is 2.17 bits per heavy atom. The molecule has 30 heavy (non-hydrogen) atoms. The van der Waals surface area contributed by atoms with E-state index in [-0.39, 0.29) is 35.4 Å². The number of nitrogens with one attached hydrogen (secondary N) is 2. The standard InChI is InChI=1S/C19H15ClFN5O3S/c20-12-7-10(21)1-2-14(12)29-8-15-25-16-11(18(28)26-15)3-4-22-17(16)13-9-30-19(24-13)23-5-6-27/h1-4,7,9,27H,5-6,8H2,(H,23,24)(H,25,26,28). The number of pyridine rings is 1. The van der Waals surface area contributed by atoms with Crippen LogP contribution in [-0.2, 0) is 6.61 Å². The predicted octanol–water partition coefficient (Wildman–Crippen LogP) is 3.22. The van der Waals surface area contributed by atoms with Crippen LogP contribution in [0.4, 0.5) is 9.52 Å². The summed E-state index contributed by atoms with van der Waals surface area (Å²) < 4.78 is 18.8. The number of thiazole rings is 1. The van der Waals surface area contributed by atoms with Crippen LogP contribution in [0.15, 0.2) is 40.6 Å². The fourth-order valence-electron chi connectivity index (χ4n) is 2.73. The average Bonchev–Trinajstić information content (AvgIpc) is 3.20. The van der Waals surface area contributed by atoms with E-state index in [1.807, 2.05) is 0 Å². The highest BCUT2D eigenvalue weighted by molar-refractivity contribution is 7.14. The number of hydrogen-bond acceptors (Lipinski definition) is 8. The summed E-state index contributed by atoms with van der Waals surface area (Å²) in [7, 11) is 0. The quantitative estimate of drug-likeness (QED) is 0.398. The molecule has 0 saturated carbocycles. The molecule has 0 aliphatic carbocycles. The fraction of sp³-hybridized carbons (Fsp3) is 0.158. The van der Waals surface area contributed by atoms with E-state index in [1.54, 1.807) is 11.4 Å². The molecule has 11 heteroatoms. The van der Waals surface area contributed by atoms with E-state index in [9.17, 15) is 9.18 Å². The van der Waals surface area contributed by atoms with E-state index in [4.69, 9.17) is 21.4 Å².